The fraction of sp³-hybridized carbons (Fsp3) is 0.545. The van der Waals surface area contributed by atoms with E-state index < -0.39 is 5.97 Å². The minimum atomic E-state index is -0.513. The summed E-state index contributed by atoms with van der Waals surface area (Å²) in [5.74, 6) is -0.761. The number of anilines is 1. The van der Waals surface area contributed by atoms with Crippen LogP contribution in [-0.4, -0.2) is 44.6 Å². The SMILES string of the molecule is CNC(=O)C(C)CN(C)c1nc(Cl)c(C(=O)OC)s1. The second-order valence-electron chi connectivity index (χ2n) is 4.00. The van der Waals surface area contributed by atoms with Gasteiger partial charge < -0.3 is 15.0 Å². The molecule has 0 spiro atoms. The summed E-state index contributed by atoms with van der Waals surface area (Å²) >= 11 is 7.02. The average Bonchev–Trinajstić information content (AvgIpc) is 2.78. The third-order valence-corrected chi connectivity index (χ3v) is 4.05. The highest BCUT2D eigenvalue weighted by Crippen LogP contribution is 2.29. The third-order valence-electron chi connectivity index (χ3n) is 2.51. The second-order valence-corrected chi connectivity index (χ2v) is 5.34. The normalized spacial score (nSPS) is 11.8. The number of thiazole rings is 1. The first-order valence-electron chi connectivity index (χ1n) is 5.58. The van der Waals surface area contributed by atoms with Crippen LogP contribution in [0.1, 0.15) is 16.6 Å². The molecule has 1 aromatic heterocycles. The van der Waals surface area contributed by atoms with Crippen LogP contribution in [0.5, 0.6) is 0 Å². The number of ether oxygens (including phenoxy) is 1. The summed E-state index contributed by atoms with van der Waals surface area (Å²) in [5, 5.41) is 3.27. The molecule has 0 saturated heterocycles. The van der Waals surface area contributed by atoms with Gasteiger partial charge in [-0.15, -0.1) is 0 Å². The number of methoxy groups -OCH3 is 1. The molecule has 0 saturated carbocycles. The number of amides is 1. The fourth-order valence-corrected chi connectivity index (χ4v) is 2.66. The summed E-state index contributed by atoms with van der Waals surface area (Å²) in [6, 6.07) is 0. The van der Waals surface area contributed by atoms with Crippen LogP contribution in [0.4, 0.5) is 5.13 Å². The highest BCUT2D eigenvalue weighted by atomic mass is 35.5. The highest BCUT2D eigenvalue weighted by molar-refractivity contribution is 7.18. The first-order valence-corrected chi connectivity index (χ1v) is 6.77. The number of carbonyl (C=O) groups is 2. The molecule has 0 aliphatic heterocycles. The van der Waals surface area contributed by atoms with Gasteiger partial charge in [-0.25, -0.2) is 9.78 Å². The predicted molar refractivity (Wildman–Crippen MR) is 75.0 cm³/mol. The summed E-state index contributed by atoms with van der Waals surface area (Å²) in [4.78, 5) is 29.0. The molecule has 0 aliphatic rings. The van der Waals surface area contributed by atoms with E-state index in [0.29, 0.717) is 11.7 Å². The summed E-state index contributed by atoms with van der Waals surface area (Å²) in [6.45, 7) is 2.29. The van der Waals surface area contributed by atoms with E-state index in [2.05, 4.69) is 15.0 Å². The number of carbonyl (C=O) groups excluding carboxylic acids is 2. The van der Waals surface area contributed by atoms with Gasteiger partial charge in [-0.1, -0.05) is 29.9 Å². The standard InChI is InChI=1S/C11H16ClN3O3S/c1-6(9(16)13-2)5-15(3)11-14-8(12)7(19-11)10(17)18-4/h6H,5H2,1-4H3,(H,13,16). The van der Waals surface area contributed by atoms with Crippen molar-refractivity contribution in [3.8, 4) is 0 Å². The number of halogens is 1. The molecule has 106 valence electrons. The molecule has 1 amide bonds. The molecule has 1 heterocycles. The van der Waals surface area contributed by atoms with Crippen LogP contribution in [0.2, 0.25) is 5.15 Å². The van der Waals surface area contributed by atoms with Gasteiger partial charge in [0.2, 0.25) is 5.91 Å². The van der Waals surface area contributed by atoms with Gasteiger partial charge >= 0.3 is 5.97 Å². The predicted octanol–water partition coefficient (Wildman–Crippen LogP) is 1.40. The highest BCUT2D eigenvalue weighted by Gasteiger charge is 2.21. The van der Waals surface area contributed by atoms with Crippen LogP contribution in [0.15, 0.2) is 0 Å². The maximum absolute atomic E-state index is 11.5. The third kappa shape index (κ3) is 3.81. The van der Waals surface area contributed by atoms with Gasteiger partial charge in [0.25, 0.3) is 0 Å². The molecule has 6 nitrogen and oxygen atoms in total. The Morgan fingerprint density at radius 3 is 2.74 bits per heavy atom. The molecular formula is C11H16ClN3O3S. The molecule has 1 atom stereocenters. The minimum absolute atomic E-state index is 0.0531. The first-order chi connectivity index (χ1) is 8.90. The van der Waals surface area contributed by atoms with Gasteiger partial charge in [-0.05, 0) is 0 Å². The zero-order valence-corrected chi connectivity index (χ0v) is 12.8. The lowest BCUT2D eigenvalue weighted by molar-refractivity contribution is -0.123. The van der Waals surface area contributed by atoms with Gasteiger partial charge in [0.15, 0.2) is 15.2 Å². The van der Waals surface area contributed by atoms with Gasteiger partial charge in [0.05, 0.1) is 13.0 Å². The largest absolute Gasteiger partial charge is 0.465 e. The van der Waals surface area contributed by atoms with Crippen LogP contribution >= 0.6 is 22.9 Å². The molecule has 1 aromatic rings. The fourth-order valence-electron chi connectivity index (χ4n) is 1.49. The Hall–Kier alpha value is -1.34. The first kappa shape index (κ1) is 15.7. The van der Waals surface area contributed by atoms with E-state index in [0.717, 1.165) is 11.3 Å². The van der Waals surface area contributed by atoms with E-state index >= 15 is 0 Å². The lowest BCUT2D eigenvalue weighted by Crippen LogP contribution is -2.34. The van der Waals surface area contributed by atoms with Crippen LogP contribution in [0.3, 0.4) is 0 Å². The number of aromatic nitrogens is 1. The lowest BCUT2D eigenvalue weighted by Gasteiger charge is -2.19. The Kier molecular flexibility index (Phi) is 5.56. The summed E-state index contributed by atoms with van der Waals surface area (Å²) in [5.41, 5.74) is 0. The van der Waals surface area contributed by atoms with Crippen molar-refractivity contribution < 1.29 is 14.3 Å². The Morgan fingerprint density at radius 2 is 2.21 bits per heavy atom. The number of rotatable bonds is 5. The molecule has 1 unspecified atom stereocenters. The molecular weight excluding hydrogens is 290 g/mol. The second kappa shape index (κ2) is 6.72. The zero-order valence-electron chi connectivity index (χ0n) is 11.2. The zero-order chi connectivity index (χ0) is 14.6. The Morgan fingerprint density at radius 1 is 1.58 bits per heavy atom. The van der Waals surface area contributed by atoms with Crippen molar-refractivity contribution in [1.29, 1.82) is 0 Å². The Balaban J connectivity index is 2.81. The van der Waals surface area contributed by atoms with Crippen molar-refractivity contribution in [1.82, 2.24) is 10.3 Å². The molecule has 1 rings (SSSR count). The molecule has 0 radical (unpaired) electrons. The van der Waals surface area contributed by atoms with Crippen molar-refractivity contribution in [2.24, 2.45) is 5.92 Å². The number of nitrogens with zero attached hydrogens (tertiary/aromatic N) is 2. The van der Waals surface area contributed by atoms with Crippen molar-refractivity contribution in [2.75, 3.05) is 32.6 Å². The molecule has 1 N–H and O–H groups in total. The topological polar surface area (TPSA) is 71.5 Å². The van der Waals surface area contributed by atoms with Gasteiger partial charge in [0.1, 0.15) is 0 Å². The van der Waals surface area contributed by atoms with E-state index in [9.17, 15) is 9.59 Å². The maximum Gasteiger partial charge on any atom is 0.351 e. The van der Waals surface area contributed by atoms with Crippen molar-refractivity contribution >= 4 is 39.9 Å². The van der Waals surface area contributed by atoms with Crippen LogP contribution in [-0.2, 0) is 9.53 Å². The van der Waals surface area contributed by atoms with E-state index in [4.69, 9.17) is 11.6 Å². The minimum Gasteiger partial charge on any atom is -0.465 e. The van der Waals surface area contributed by atoms with Crippen molar-refractivity contribution in [3.05, 3.63) is 10.0 Å². The summed E-state index contributed by atoms with van der Waals surface area (Å²) in [6.07, 6.45) is 0. The van der Waals surface area contributed by atoms with Gasteiger partial charge in [0, 0.05) is 20.6 Å². The number of nitrogens with one attached hydrogen (secondary N) is 1. The van der Waals surface area contributed by atoms with Gasteiger partial charge in [-0.2, -0.15) is 0 Å². The average molecular weight is 306 g/mol. The number of hydrogen-bond acceptors (Lipinski definition) is 6. The Bertz CT molecular complexity index is 478. The number of hydrogen-bond donors (Lipinski definition) is 1. The monoisotopic (exact) mass is 305 g/mol. The number of esters is 1. The van der Waals surface area contributed by atoms with Crippen LogP contribution in [0, 0.1) is 5.92 Å². The van der Waals surface area contributed by atoms with Crippen LogP contribution in [0.25, 0.3) is 0 Å². The summed E-state index contributed by atoms with van der Waals surface area (Å²) < 4.78 is 4.61. The van der Waals surface area contributed by atoms with Gasteiger partial charge in [-0.3, -0.25) is 4.79 Å². The van der Waals surface area contributed by atoms with Crippen molar-refractivity contribution in [2.45, 2.75) is 6.92 Å². The Labute approximate surface area is 120 Å². The molecule has 8 heteroatoms. The lowest BCUT2D eigenvalue weighted by atomic mass is 10.1. The molecule has 0 aliphatic carbocycles. The molecule has 0 aromatic carbocycles. The quantitative estimate of drug-likeness (QED) is 0.833. The summed E-state index contributed by atoms with van der Waals surface area (Å²) in [7, 11) is 4.67. The smallest absolute Gasteiger partial charge is 0.351 e. The molecule has 0 bridgehead atoms. The van der Waals surface area contributed by atoms with E-state index in [1.165, 1.54) is 7.11 Å². The maximum atomic E-state index is 11.5. The molecule has 19 heavy (non-hydrogen) atoms. The molecule has 0 fully saturated rings. The van der Waals surface area contributed by atoms with E-state index in [1.54, 1.807) is 19.0 Å². The van der Waals surface area contributed by atoms with E-state index in [1.807, 2.05) is 6.92 Å². The van der Waals surface area contributed by atoms with Crippen molar-refractivity contribution in [3.63, 3.8) is 0 Å². The van der Waals surface area contributed by atoms with E-state index in [-0.39, 0.29) is 21.9 Å². The van der Waals surface area contributed by atoms with Crippen LogP contribution < -0.4 is 10.2 Å².